The third kappa shape index (κ3) is 3.35. The highest BCUT2D eigenvalue weighted by molar-refractivity contribution is 7.22. The minimum absolute atomic E-state index is 0.133. The van der Waals surface area contributed by atoms with Crippen LogP contribution >= 0.6 is 22.9 Å². The van der Waals surface area contributed by atoms with Gasteiger partial charge in [0.2, 0.25) is 5.91 Å². The average Bonchev–Trinajstić information content (AvgIpc) is 2.93. The zero-order chi connectivity index (χ0) is 15.5. The molecule has 1 aromatic carbocycles. The predicted molar refractivity (Wildman–Crippen MR) is 90.8 cm³/mol. The number of para-hydroxylation sites is 1. The molecule has 0 aliphatic rings. The van der Waals surface area contributed by atoms with Gasteiger partial charge >= 0.3 is 0 Å². The van der Waals surface area contributed by atoms with Gasteiger partial charge in [0.25, 0.3) is 0 Å². The minimum Gasteiger partial charge on any atom is -0.342 e. The lowest BCUT2D eigenvalue weighted by Crippen LogP contribution is -2.29. The van der Waals surface area contributed by atoms with Gasteiger partial charge in [0.05, 0.1) is 28.6 Å². The van der Waals surface area contributed by atoms with E-state index in [4.69, 9.17) is 11.6 Å². The van der Waals surface area contributed by atoms with E-state index in [0.717, 1.165) is 15.3 Å². The summed E-state index contributed by atoms with van der Waals surface area (Å²) in [6.07, 6.45) is 1.53. The Hall–Kier alpha value is -2.18. The molecule has 0 aliphatic carbocycles. The van der Waals surface area contributed by atoms with E-state index in [1.54, 1.807) is 23.5 Å². The third-order valence-electron chi connectivity index (χ3n) is 3.00. The maximum Gasteiger partial charge on any atom is 0.244 e. The van der Waals surface area contributed by atoms with Crippen molar-refractivity contribution in [1.29, 1.82) is 0 Å². The Morgan fingerprint density at radius 1 is 1.32 bits per heavy atom. The first-order valence-corrected chi connectivity index (χ1v) is 7.79. The fraction of sp³-hybridized carbons (Fsp3) is 0.133. The number of nitrogens with zero attached hydrogens (tertiary/aromatic N) is 3. The molecule has 1 N–H and O–H groups in total. The molecule has 2 aromatic heterocycles. The smallest absolute Gasteiger partial charge is 0.244 e. The van der Waals surface area contributed by atoms with Crippen LogP contribution in [0.2, 0.25) is 5.15 Å². The Balaban J connectivity index is 1.66. The molecule has 0 bridgehead atoms. The number of aromatic nitrogens is 2. The number of carbonyl (C=O) groups is 1. The predicted octanol–water partition coefficient (Wildman–Crippen LogP) is 3.42. The number of likely N-dealkylation sites (N-methyl/N-ethyl adjacent to an activating group) is 1. The summed E-state index contributed by atoms with van der Waals surface area (Å²) in [6, 6.07) is 11.3. The summed E-state index contributed by atoms with van der Waals surface area (Å²) in [5.41, 5.74) is 1.56. The normalized spacial score (nSPS) is 10.6. The Bertz CT molecular complexity index is 770. The zero-order valence-corrected chi connectivity index (χ0v) is 13.4. The Morgan fingerprint density at radius 3 is 2.86 bits per heavy atom. The van der Waals surface area contributed by atoms with E-state index in [9.17, 15) is 4.79 Å². The number of carbonyl (C=O) groups excluding carboxylic acids is 1. The molecule has 0 radical (unpaired) electrons. The lowest BCUT2D eigenvalue weighted by atomic mass is 10.3. The second-order valence-corrected chi connectivity index (χ2v) is 6.13. The monoisotopic (exact) mass is 332 g/mol. The number of pyridine rings is 1. The lowest BCUT2D eigenvalue weighted by molar-refractivity contribution is -0.114. The van der Waals surface area contributed by atoms with Crippen molar-refractivity contribution in [2.45, 2.75) is 0 Å². The summed E-state index contributed by atoms with van der Waals surface area (Å²) >= 11 is 7.27. The minimum atomic E-state index is -0.133. The van der Waals surface area contributed by atoms with Crippen molar-refractivity contribution in [3.8, 4) is 0 Å². The number of hydrogen-bond acceptors (Lipinski definition) is 5. The molecule has 1 amide bonds. The van der Waals surface area contributed by atoms with Crippen molar-refractivity contribution in [2.75, 3.05) is 23.8 Å². The third-order valence-corrected chi connectivity index (χ3v) is 4.38. The van der Waals surface area contributed by atoms with Crippen molar-refractivity contribution in [2.24, 2.45) is 0 Å². The average molecular weight is 333 g/mol. The molecule has 0 saturated heterocycles. The number of hydrogen-bond donors (Lipinski definition) is 1. The van der Waals surface area contributed by atoms with Crippen LogP contribution in [-0.4, -0.2) is 29.5 Å². The van der Waals surface area contributed by atoms with Crippen molar-refractivity contribution in [1.82, 2.24) is 9.97 Å². The molecule has 0 fully saturated rings. The molecule has 7 heteroatoms. The number of rotatable bonds is 4. The summed E-state index contributed by atoms with van der Waals surface area (Å²) in [5, 5.41) is 3.98. The molecular weight excluding hydrogens is 320 g/mol. The Kier molecular flexibility index (Phi) is 4.22. The van der Waals surface area contributed by atoms with Crippen molar-refractivity contribution >= 4 is 49.9 Å². The van der Waals surface area contributed by atoms with Gasteiger partial charge in [-0.2, -0.15) is 0 Å². The van der Waals surface area contributed by atoms with E-state index >= 15 is 0 Å². The fourth-order valence-electron chi connectivity index (χ4n) is 1.96. The van der Waals surface area contributed by atoms with Gasteiger partial charge in [-0.05, 0) is 24.3 Å². The molecule has 112 valence electrons. The van der Waals surface area contributed by atoms with Crippen LogP contribution in [0.4, 0.5) is 10.8 Å². The van der Waals surface area contributed by atoms with Crippen LogP contribution in [0.1, 0.15) is 0 Å². The molecule has 0 spiro atoms. The van der Waals surface area contributed by atoms with Gasteiger partial charge in [0.15, 0.2) is 5.13 Å². The second-order valence-electron chi connectivity index (χ2n) is 4.74. The SMILES string of the molecule is CN(CC(=O)Nc1ccc(Cl)nc1)c1nc2ccccc2s1. The number of halogens is 1. The lowest BCUT2D eigenvalue weighted by Gasteiger charge is -2.15. The first kappa shape index (κ1) is 14.7. The highest BCUT2D eigenvalue weighted by atomic mass is 35.5. The van der Waals surface area contributed by atoms with E-state index in [0.29, 0.717) is 10.8 Å². The fourth-order valence-corrected chi connectivity index (χ4v) is 2.99. The quantitative estimate of drug-likeness (QED) is 0.744. The summed E-state index contributed by atoms with van der Waals surface area (Å²) in [7, 11) is 1.84. The van der Waals surface area contributed by atoms with Crippen LogP contribution in [0.25, 0.3) is 10.2 Å². The highest BCUT2D eigenvalue weighted by Gasteiger charge is 2.12. The Morgan fingerprint density at radius 2 is 2.14 bits per heavy atom. The standard InChI is InChI=1S/C15H13ClN4OS/c1-20(15-19-11-4-2-3-5-12(11)22-15)9-14(21)18-10-6-7-13(16)17-8-10/h2-8H,9H2,1H3,(H,18,21). The topological polar surface area (TPSA) is 58.1 Å². The van der Waals surface area contributed by atoms with Crippen LogP contribution < -0.4 is 10.2 Å². The number of amides is 1. The molecule has 3 rings (SSSR count). The summed E-state index contributed by atoms with van der Waals surface area (Å²) < 4.78 is 1.10. The summed E-state index contributed by atoms with van der Waals surface area (Å²) in [5.74, 6) is -0.133. The van der Waals surface area contributed by atoms with Crippen molar-refractivity contribution < 1.29 is 4.79 Å². The zero-order valence-electron chi connectivity index (χ0n) is 11.8. The highest BCUT2D eigenvalue weighted by Crippen LogP contribution is 2.27. The summed E-state index contributed by atoms with van der Waals surface area (Å²) in [4.78, 5) is 22.3. The van der Waals surface area contributed by atoms with Gasteiger partial charge in [-0.25, -0.2) is 9.97 Å². The van der Waals surface area contributed by atoms with Crippen LogP contribution in [0.5, 0.6) is 0 Å². The van der Waals surface area contributed by atoms with Crippen LogP contribution in [0, 0.1) is 0 Å². The van der Waals surface area contributed by atoms with Gasteiger partial charge in [-0.1, -0.05) is 35.1 Å². The maximum atomic E-state index is 12.1. The maximum absolute atomic E-state index is 12.1. The molecule has 0 unspecified atom stereocenters. The molecule has 0 aliphatic heterocycles. The second kappa shape index (κ2) is 6.29. The van der Waals surface area contributed by atoms with Crippen molar-refractivity contribution in [3.05, 3.63) is 47.7 Å². The van der Waals surface area contributed by atoms with Gasteiger partial charge in [-0.3, -0.25) is 4.79 Å². The van der Waals surface area contributed by atoms with Crippen molar-refractivity contribution in [3.63, 3.8) is 0 Å². The van der Waals surface area contributed by atoms with E-state index < -0.39 is 0 Å². The molecule has 3 aromatic rings. The molecule has 0 atom stereocenters. The number of anilines is 2. The molecule has 22 heavy (non-hydrogen) atoms. The molecule has 0 saturated carbocycles. The van der Waals surface area contributed by atoms with E-state index in [2.05, 4.69) is 15.3 Å². The Labute approximate surface area is 136 Å². The van der Waals surface area contributed by atoms with Gasteiger partial charge in [0, 0.05) is 7.05 Å². The molecule has 2 heterocycles. The number of fused-ring (bicyclic) bond motifs is 1. The van der Waals surface area contributed by atoms with Crippen LogP contribution in [-0.2, 0) is 4.79 Å². The molecule has 5 nitrogen and oxygen atoms in total. The number of thiazole rings is 1. The number of nitrogens with one attached hydrogen (secondary N) is 1. The van der Waals surface area contributed by atoms with Crippen LogP contribution in [0.3, 0.4) is 0 Å². The number of benzene rings is 1. The van der Waals surface area contributed by atoms with E-state index in [1.165, 1.54) is 6.20 Å². The van der Waals surface area contributed by atoms with Gasteiger partial charge in [0.1, 0.15) is 5.15 Å². The first-order chi connectivity index (χ1) is 10.6. The van der Waals surface area contributed by atoms with Crippen LogP contribution in [0.15, 0.2) is 42.6 Å². The first-order valence-electron chi connectivity index (χ1n) is 6.60. The van der Waals surface area contributed by atoms with Gasteiger partial charge in [-0.15, -0.1) is 0 Å². The summed E-state index contributed by atoms with van der Waals surface area (Å²) in [6.45, 7) is 0.211. The molecular formula is C15H13ClN4OS. The van der Waals surface area contributed by atoms with Gasteiger partial charge < -0.3 is 10.2 Å². The van der Waals surface area contributed by atoms with E-state index in [-0.39, 0.29) is 12.5 Å². The van der Waals surface area contributed by atoms with E-state index in [1.807, 2.05) is 36.2 Å². The largest absolute Gasteiger partial charge is 0.342 e.